The highest BCUT2D eigenvalue weighted by Gasteiger charge is 2.32. The van der Waals surface area contributed by atoms with Crippen LogP contribution in [0.4, 0.5) is 5.69 Å². The number of likely N-dealkylation sites (tertiary alicyclic amines) is 1. The lowest BCUT2D eigenvalue weighted by Crippen LogP contribution is -2.49. The molecule has 0 bridgehead atoms. The number of hydrogen-bond acceptors (Lipinski definition) is 3. The fourth-order valence-corrected chi connectivity index (χ4v) is 3.55. The molecule has 1 atom stereocenters. The first-order valence-corrected chi connectivity index (χ1v) is 8.82. The summed E-state index contributed by atoms with van der Waals surface area (Å²) >= 11 is 7.26. The fourth-order valence-electron chi connectivity index (χ4n) is 2.75. The quantitative estimate of drug-likeness (QED) is 0.910. The molecule has 1 N–H and O–H groups in total. The van der Waals surface area contributed by atoms with E-state index in [0.717, 1.165) is 12.8 Å². The van der Waals surface area contributed by atoms with Gasteiger partial charge < -0.3 is 10.2 Å². The van der Waals surface area contributed by atoms with Crippen molar-refractivity contribution < 1.29 is 9.59 Å². The number of nitrogens with zero attached hydrogens (tertiary/aromatic N) is 1. The van der Waals surface area contributed by atoms with Gasteiger partial charge in [-0.05, 0) is 55.0 Å². The van der Waals surface area contributed by atoms with Crippen molar-refractivity contribution in [1.29, 1.82) is 0 Å². The number of anilines is 1. The Morgan fingerprint density at radius 3 is 2.65 bits per heavy atom. The van der Waals surface area contributed by atoms with Gasteiger partial charge in [-0.2, -0.15) is 0 Å². The Morgan fingerprint density at radius 1 is 1.17 bits per heavy atom. The number of piperidine rings is 1. The van der Waals surface area contributed by atoms with E-state index in [4.69, 9.17) is 11.6 Å². The fraction of sp³-hybridized carbons (Fsp3) is 0.294. The molecule has 1 aromatic carbocycles. The summed E-state index contributed by atoms with van der Waals surface area (Å²) < 4.78 is 0. The maximum absolute atomic E-state index is 12.6. The minimum absolute atomic E-state index is 0.0593. The molecule has 2 amide bonds. The van der Waals surface area contributed by atoms with Crippen LogP contribution in [-0.2, 0) is 4.79 Å². The van der Waals surface area contributed by atoms with Crippen LogP contribution in [0.25, 0.3) is 0 Å². The molecule has 0 saturated carbocycles. The zero-order valence-electron chi connectivity index (χ0n) is 12.5. The van der Waals surface area contributed by atoms with Crippen LogP contribution in [0, 0.1) is 0 Å². The second kappa shape index (κ2) is 7.15. The van der Waals surface area contributed by atoms with E-state index >= 15 is 0 Å². The number of benzene rings is 1. The van der Waals surface area contributed by atoms with Gasteiger partial charge in [0.25, 0.3) is 5.91 Å². The first kappa shape index (κ1) is 16.0. The van der Waals surface area contributed by atoms with E-state index in [2.05, 4.69) is 5.32 Å². The van der Waals surface area contributed by atoms with Gasteiger partial charge in [0.2, 0.25) is 5.91 Å². The topological polar surface area (TPSA) is 49.4 Å². The lowest BCUT2D eigenvalue weighted by Gasteiger charge is -2.34. The van der Waals surface area contributed by atoms with Crippen molar-refractivity contribution in [1.82, 2.24) is 4.90 Å². The summed E-state index contributed by atoms with van der Waals surface area (Å²) in [5.41, 5.74) is 0.688. The van der Waals surface area contributed by atoms with Crippen LogP contribution in [0.15, 0.2) is 41.8 Å². The van der Waals surface area contributed by atoms with Crippen LogP contribution >= 0.6 is 22.9 Å². The molecule has 1 aliphatic rings. The summed E-state index contributed by atoms with van der Waals surface area (Å²) in [7, 11) is 0. The van der Waals surface area contributed by atoms with Gasteiger partial charge in [-0.3, -0.25) is 9.59 Å². The van der Waals surface area contributed by atoms with Gasteiger partial charge in [-0.25, -0.2) is 0 Å². The molecular formula is C17H17ClN2O2S. The Balaban J connectivity index is 1.74. The lowest BCUT2D eigenvalue weighted by molar-refractivity contribution is -0.121. The first-order chi connectivity index (χ1) is 11.1. The summed E-state index contributed by atoms with van der Waals surface area (Å²) in [6.45, 7) is 0.620. The molecule has 0 spiro atoms. The molecular weight excluding hydrogens is 332 g/mol. The highest BCUT2D eigenvalue weighted by Crippen LogP contribution is 2.23. The molecule has 1 unspecified atom stereocenters. The third-order valence-electron chi connectivity index (χ3n) is 3.91. The second-order valence-electron chi connectivity index (χ2n) is 5.48. The Kier molecular flexibility index (Phi) is 4.98. The molecule has 2 heterocycles. The van der Waals surface area contributed by atoms with E-state index in [0.29, 0.717) is 28.6 Å². The molecule has 120 valence electrons. The molecule has 4 nitrogen and oxygen atoms in total. The summed E-state index contributed by atoms with van der Waals surface area (Å²) in [4.78, 5) is 27.6. The van der Waals surface area contributed by atoms with Crippen LogP contribution < -0.4 is 5.32 Å². The number of carbonyl (C=O) groups excluding carboxylic acids is 2. The lowest BCUT2D eigenvalue weighted by atomic mass is 10.0. The highest BCUT2D eigenvalue weighted by atomic mass is 35.5. The standard InChI is InChI=1S/C17H17ClN2O2S/c18-12-6-8-13(9-7-12)19-16(21)14-4-1-2-10-20(14)17(22)15-5-3-11-23-15/h3,5-9,11,14H,1-2,4,10H2,(H,19,21). The van der Waals surface area contributed by atoms with Crippen LogP contribution in [0.2, 0.25) is 5.02 Å². The molecule has 0 aliphatic carbocycles. The first-order valence-electron chi connectivity index (χ1n) is 7.56. The molecule has 6 heteroatoms. The van der Waals surface area contributed by atoms with E-state index in [1.165, 1.54) is 11.3 Å². The summed E-state index contributed by atoms with van der Waals surface area (Å²) in [6, 6.07) is 10.2. The number of amides is 2. The predicted molar refractivity (Wildman–Crippen MR) is 93.1 cm³/mol. The number of thiophene rings is 1. The number of rotatable bonds is 3. The van der Waals surface area contributed by atoms with Crippen molar-refractivity contribution in [2.75, 3.05) is 11.9 Å². The van der Waals surface area contributed by atoms with E-state index in [9.17, 15) is 9.59 Å². The molecule has 2 aromatic rings. The Hall–Kier alpha value is -1.85. The second-order valence-corrected chi connectivity index (χ2v) is 6.87. The van der Waals surface area contributed by atoms with Crippen LogP contribution in [0.5, 0.6) is 0 Å². The smallest absolute Gasteiger partial charge is 0.264 e. The van der Waals surface area contributed by atoms with Crippen LogP contribution in [0.1, 0.15) is 28.9 Å². The molecule has 1 aliphatic heterocycles. The molecule has 1 saturated heterocycles. The summed E-state index contributed by atoms with van der Waals surface area (Å²) in [6.07, 6.45) is 2.57. The maximum atomic E-state index is 12.6. The zero-order chi connectivity index (χ0) is 16.2. The number of nitrogens with one attached hydrogen (secondary N) is 1. The third-order valence-corrected chi connectivity index (χ3v) is 5.02. The van der Waals surface area contributed by atoms with Gasteiger partial charge in [0.1, 0.15) is 6.04 Å². The SMILES string of the molecule is O=C(Nc1ccc(Cl)cc1)C1CCCCN1C(=O)c1cccs1. The van der Waals surface area contributed by atoms with Crippen LogP contribution in [-0.4, -0.2) is 29.3 Å². The van der Waals surface area contributed by atoms with Gasteiger partial charge in [0.15, 0.2) is 0 Å². The van der Waals surface area contributed by atoms with E-state index in [-0.39, 0.29) is 11.8 Å². The van der Waals surface area contributed by atoms with Gasteiger partial charge >= 0.3 is 0 Å². The molecule has 0 radical (unpaired) electrons. The highest BCUT2D eigenvalue weighted by molar-refractivity contribution is 7.12. The molecule has 1 aromatic heterocycles. The molecule has 23 heavy (non-hydrogen) atoms. The Labute approximate surface area is 144 Å². The predicted octanol–water partition coefficient (Wildman–Crippen LogP) is 4.03. The zero-order valence-corrected chi connectivity index (χ0v) is 14.1. The largest absolute Gasteiger partial charge is 0.326 e. The van der Waals surface area contributed by atoms with Crippen molar-refractivity contribution >= 4 is 40.4 Å². The van der Waals surface area contributed by atoms with Gasteiger partial charge in [0, 0.05) is 17.3 Å². The van der Waals surface area contributed by atoms with Crippen LogP contribution in [0.3, 0.4) is 0 Å². The average Bonchev–Trinajstić information content (AvgIpc) is 3.11. The minimum Gasteiger partial charge on any atom is -0.326 e. The van der Waals surface area contributed by atoms with Crippen molar-refractivity contribution in [3.05, 3.63) is 51.7 Å². The van der Waals surface area contributed by atoms with E-state index < -0.39 is 6.04 Å². The number of halogens is 1. The van der Waals surface area contributed by atoms with Gasteiger partial charge in [-0.1, -0.05) is 17.7 Å². The van der Waals surface area contributed by atoms with Crippen molar-refractivity contribution in [2.45, 2.75) is 25.3 Å². The third kappa shape index (κ3) is 3.74. The summed E-state index contributed by atoms with van der Waals surface area (Å²) in [5, 5.41) is 5.38. The monoisotopic (exact) mass is 348 g/mol. The van der Waals surface area contributed by atoms with E-state index in [1.54, 1.807) is 35.2 Å². The number of hydrogen-bond donors (Lipinski definition) is 1. The number of carbonyl (C=O) groups is 2. The minimum atomic E-state index is -0.422. The Morgan fingerprint density at radius 2 is 1.96 bits per heavy atom. The molecule has 1 fully saturated rings. The van der Waals surface area contributed by atoms with Crippen molar-refractivity contribution in [3.8, 4) is 0 Å². The average molecular weight is 349 g/mol. The van der Waals surface area contributed by atoms with Gasteiger partial charge in [0.05, 0.1) is 4.88 Å². The van der Waals surface area contributed by atoms with Crippen molar-refractivity contribution in [3.63, 3.8) is 0 Å². The maximum Gasteiger partial charge on any atom is 0.264 e. The van der Waals surface area contributed by atoms with Gasteiger partial charge in [-0.15, -0.1) is 11.3 Å². The normalized spacial score (nSPS) is 17.8. The Bertz CT molecular complexity index is 685. The molecule has 3 rings (SSSR count). The summed E-state index contributed by atoms with van der Waals surface area (Å²) in [5.74, 6) is -0.201. The van der Waals surface area contributed by atoms with E-state index in [1.807, 2.05) is 11.4 Å². The van der Waals surface area contributed by atoms with Crippen molar-refractivity contribution in [2.24, 2.45) is 0 Å².